The quantitative estimate of drug-likeness (QED) is 0.612. The predicted molar refractivity (Wildman–Crippen MR) is 39.2 cm³/mol. The molecule has 0 aliphatic rings. The first-order chi connectivity index (χ1) is 4.34. The summed E-state index contributed by atoms with van der Waals surface area (Å²) in [6.07, 6.45) is 0.620. The van der Waals surface area contributed by atoms with Crippen LogP contribution in [-0.4, -0.2) is 38.7 Å². The van der Waals surface area contributed by atoms with E-state index in [1.54, 1.807) is 18.2 Å². The van der Waals surface area contributed by atoms with E-state index in [9.17, 15) is 4.79 Å². The minimum atomic E-state index is 0. The first kappa shape index (κ1) is 9.61. The number of hydrogen-bond donors (Lipinski definition) is 1. The van der Waals surface area contributed by atoms with Crippen LogP contribution in [-0.2, 0) is 0 Å². The Labute approximate surface area is 79.0 Å². The number of aromatic hydroxyl groups is 1. The number of carbonyl (C=O) groups is 1. The van der Waals surface area contributed by atoms with Crippen LogP contribution in [0.15, 0.2) is 24.3 Å². The van der Waals surface area contributed by atoms with Gasteiger partial charge in [-0.15, -0.1) is 0 Å². The Morgan fingerprint density at radius 1 is 1.30 bits per heavy atom. The summed E-state index contributed by atoms with van der Waals surface area (Å²) in [7, 11) is 0. The Morgan fingerprint density at radius 3 is 2.30 bits per heavy atom. The maximum Gasteiger partial charge on any atom is 0.153 e. The van der Waals surface area contributed by atoms with Gasteiger partial charge in [-0.3, -0.25) is 4.79 Å². The molecule has 0 atom stereocenters. The maximum absolute atomic E-state index is 10.1. The summed E-state index contributed by atoms with van der Waals surface area (Å²) in [5.41, 5.74) is 0.331. The monoisotopic (exact) mass is 330 g/mol. The second kappa shape index (κ2) is 4.43. The van der Waals surface area contributed by atoms with Gasteiger partial charge < -0.3 is 5.11 Å². The molecule has 0 amide bonds. The van der Waals surface area contributed by atoms with Crippen LogP contribution >= 0.6 is 0 Å². The van der Waals surface area contributed by atoms with Gasteiger partial charge in [-0.05, 0) is 12.1 Å². The molecule has 2 nitrogen and oxygen atoms in total. The molecule has 0 bridgehead atoms. The van der Waals surface area contributed by atoms with Crippen LogP contribution in [0.1, 0.15) is 10.4 Å². The van der Waals surface area contributed by atoms with Crippen molar-refractivity contribution in [1.82, 2.24) is 0 Å². The first-order valence-electron chi connectivity index (χ1n) is 2.58. The van der Waals surface area contributed by atoms with E-state index in [1.165, 1.54) is 6.07 Å². The normalized spacial score (nSPS) is 8.00. The molecule has 1 N–H and O–H groups in total. The van der Waals surface area contributed by atoms with Gasteiger partial charge in [0, 0.05) is 27.3 Å². The van der Waals surface area contributed by atoms with Crippen LogP contribution in [0.2, 0.25) is 0 Å². The maximum atomic E-state index is 10.1. The summed E-state index contributed by atoms with van der Waals surface area (Å²) in [4.78, 5) is 10.1. The topological polar surface area (TPSA) is 37.3 Å². The van der Waals surface area contributed by atoms with Gasteiger partial charge in [-0.2, -0.15) is 0 Å². The molecule has 0 aliphatic carbocycles. The summed E-state index contributed by atoms with van der Waals surface area (Å²) < 4.78 is 0. The minimum Gasteiger partial charge on any atom is -0.507 e. The molecule has 0 heterocycles. The van der Waals surface area contributed by atoms with Crippen molar-refractivity contribution in [3.05, 3.63) is 29.8 Å². The molecule has 0 spiro atoms. The molecule has 0 unspecified atom stereocenters. The average molecular weight is 329 g/mol. The summed E-state index contributed by atoms with van der Waals surface area (Å²) in [5, 5.41) is 8.88. The fraction of sp³-hybridized carbons (Fsp3) is 0. The van der Waals surface area contributed by atoms with Crippen molar-refractivity contribution in [3.63, 3.8) is 0 Å². The molecule has 0 saturated heterocycles. The number of hydrogen-bond acceptors (Lipinski definition) is 2. The molecule has 1 rings (SSSR count). The Bertz CT molecular complexity index is 223. The van der Waals surface area contributed by atoms with Crippen molar-refractivity contribution in [2.24, 2.45) is 0 Å². The van der Waals surface area contributed by atoms with Gasteiger partial charge in [0.1, 0.15) is 5.75 Å². The third-order valence-electron chi connectivity index (χ3n) is 1.06. The van der Waals surface area contributed by atoms with Crippen molar-refractivity contribution in [3.8, 4) is 5.75 Å². The second-order valence-corrected chi connectivity index (χ2v) is 1.68. The van der Waals surface area contributed by atoms with Crippen molar-refractivity contribution in [1.29, 1.82) is 0 Å². The number of rotatable bonds is 1. The summed E-state index contributed by atoms with van der Waals surface area (Å²) >= 11 is 0. The molecular formula is C7H6O2Pb. The number of phenolic OH excluding ortho intramolecular Hbond substituents is 1. The largest absolute Gasteiger partial charge is 0.507 e. The number of aldehydes is 1. The van der Waals surface area contributed by atoms with Crippen LogP contribution in [0.25, 0.3) is 0 Å². The zero-order valence-corrected chi connectivity index (χ0v) is 9.13. The van der Waals surface area contributed by atoms with Gasteiger partial charge >= 0.3 is 0 Å². The molecule has 0 aliphatic heterocycles. The van der Waals surface area contributed by atoms with E-state index in [4.69, 9.17) is 5.11 Å². The van der Waals surface area contributed by atoms with Crippen LogP contribution in [0.4, 0.5) is 0 Å². The molecule has 50 valence electrons. The van der Waals surface area contributed by atoms with Crippen LogP contribution < -0.4 is 0 Å². The van der Waals surface area contributed by atoms with Gasteiger partial charge in [0.25, 0.3) is 0 Å². The third kappa shape index (κ3) is 2.09. The predicted octanol–water partition coefficient (Wildman–Crippen LogP) is 0.824. The van der Waals surface area contributed by atoms with E-state index in [0.717, 1.165) is 0 Å². The van der Waals surface area contributed by atoms with E-state index in [-0.39, 0.29) is 33.0 Å². The molecule has 10 heavy (non-hydrogen) atoms. The van der Waals surface area contributed by atoms with Gasteiger partial charge in [-0.25, -0.2) is 0 Å². The SMILES string of the molecule is O=Cc1ccccc1O.[Pb]. The molecular weight excluding hydrogens is 323 g/mol. The molecule has 0 fully saturated rings. The van der Waals surface area contributed by atoms with Gasteiger partial charge in [-0.1, -0.05) is 12.1 Å². The fourth-order valence-electron chi connectivity index (χ4n) is 0.587. The van der Waals surface area contributed by atoms with Crippen LogP contribution in [0.5, 0.6) is 5.75 Å². The van der Waals surface area contributed by atoms with Crippen molar-refractivity contribution in [2.75, 3.05) is 0 Å². The Kier molecular flexibility index (Phi) is 4.26. The van der Waals surface area contributed by atoms with Gasteiger partial charge in [0.05, 0.1) is 5.56 Å². The fourth-order valence-corrected chi connectivity index (χ4v) is 0.587. The summed E-state index contributed by atoms with van der Waals surface area (Å²) in [6, 6.07) is 6.40. The molecule has 1 aromatic carbocycles. The zero-order valence-electron chi connectivity index (χ0n) is 5.24. The Hall–Kier alpha value is -0.388. The van der Waals surface area contributed by atoms with Gasteiger partial charge in [0.15, 0.2) is 6.29 Å². The van der Waals surface area contributed by atoms with Crippen LogP contribution in [0, 0.1) is 0 Å². The molecule has 1 aromatic rings. The Morgan fingerprint density at radius 2 is 1.90 bits per heavy atom. The Balaban J connectivity index is 0.000000810. The third-order valence-corrected chi connectivity index (χ3v) is 1.06. The van der Waals surface area contributed by atoms with Crippen molar-refractivity contribution >= 4 is 33.6 Å². The number of para-hydroxylation sites is 1. The van der Waals surface area contributed by atoms with E-state index in [1.807, 2.05) is 0 Å². The molecule has 3 heteroatoms. The molecule has 0 aromatic heterocycles. The summed E-state index contributed by atoms with van der Waals surface area (Å²) in [6.45, 7) is 0. The summed E-state index contributed by atoms with van der Waals surface area (Å²) in [5.74, 6) is 0.0347. The smallest absolute Gasteiger partial charge is 0.153 e. The zero-order chi connectivity index (χ0) is 6.69. The number of carbonyl (C=O) groups excluding carboxylic acids is 1. The molecule has 0 saturated carbocycles. The number of benzene rings is 1. The van der Waals surface area contributed by atoms with Crippen molar-refractivity contribution < 1.29 is 9.90 Å². The van der Waals surface area contributed by atoms with Crippen LogP contribution in [0.3, 0.4) is 0 Å². The van der Waals surface area contributed by atoms with Gasteiger partial charge in [0.2, 0.25) is 0 Å². The van der Waals surface area contributed by atoms with Crippen molar-refractivity contribution in [2.45, 2.75) is 0 Å². The van der Waals surface area contributed by atoms with E-state index in [0.29, 0.717) is 11.8 Å². The van der Waals surface area contributed by atoms with E-state index in [2.05, 4.69) is 0 Å². The second-order valence-electron chi connectivity index (χ2n) is 1.68. The molecule has 4 radical (unpaired) electrons. The minimum absolute atomic E-state index is 0. The van der Waals surface area contributed by atoms with E-state index >= 15 is 0 Å². The standard InChI is InChI=1S/C7H6O2.Pb/c8-5-6-3-1-2-4-7(6)9;/h1-5,9H;. The number of phenols is 1. The van der Waals surface area contributed by atoms with E-state index < -0.39 is 0 Å². The average Bonchev–Trinajstić information content (AvgIpc) is 1.89. The first-order valence-corrected chi connectivity index (χ1v) is 2.58.